The predicted octanol–water partition coefficient (Wildman–Crippen LogP) is 3.51. The lowest BCUT2D eigenvalue weighted by atomic mass is 9.79. The minimum absolute atomic E-state index is 0.0813. The highest BCUT2D eigenvalue weighted by molar-refractivity contribution is 7.16. The molecule has 2 aliphatic heterocycles. The Labute approximate surface area is 207 Å². The van der Waals surface area contributed by atoms with Crippen molar-refractivity contribution in [1.29, 1.82) is 0 Å². The third-order valence-electron chi connectivity index (χ3n) is 6.42. The molecule has 1 aromatic carbocycles. The van der Waals surface area contributed by atoms with Gasteiger partial charge >= 0.3 is 0 Å². The van der Waals surface area contributed by atoms with Crippen LogP contribution in [0.1, 0.15) is 53.6 Å². The first-order valence-electron chi connectivity index (χ1n) is 11.5. The van der Waals surface area contributed by atoms with Gasteiger partial charge in [-0.1, -0.05) is 28.9 Å². The maximum atomic E-state index is 10.4. The van der Waals surface area contributed by atoms with Crippen LogP contribution in [0.3, 0.4) is 0 Å². The van der Waals surface area contributed by atoms with Gasteiger partial charge in [0.15, 0.2) is 0 Å². The normalized spacial score (nSPS) is 27.5. The van der Waals surface area contributed by atoms with Gasteiger partial charge in [0.25, 0.3) is 0 Å². The van der Waals surface area contributed by atoms with Gasteiger partial charge in [-0.2, -0.15) is 0 Å². The highest BCUT2D eigenvalue weighted by Crippen LogP contribution is 2.51. The molecule has 1 fully saturated rings. The topological polar surface area (TPSA) is 102 Å². The van der Waals surface area contributed by atoms with Crippen LogP contribution in [0, 0.1) is 6.92 Å². The smallest absolute Gasteiger partial charge is 0.119 e. The largest absolute Gasteiger partial charge is 0.491 e. The number of benzene rings is 1. The summed E-state index contributed by atoms with van der Waals surface area (Å²) in [5.41, 5.74) is 2.24. The first kappa shape index (κ1) is 23.7. The summed E-state index contributed by atoms with van der Waals surface area (Å²) in [5.74, 6) is 0.731. The van der Waals surface area contributed by atoms with E-state index in [1.54, 1.807) is 4.68 Å². The van der Waals surface area contributed by atoms with Crippen LogP contribution in [0.15, 0.2) is 36.5 Å². The molecule has 1 spiro atoms. The molecule has 34 heavy (non-hydrogen) atoms. The van der Waals surface area contributed by atoms with Crippen LogP contribution in [0.25, 0.3) is 0 Å². The van der Waals surface area contributed by atoms with E-state index >= 15 is 0 Å². The van der Waals surface area contributed by atoms with Crippen molar-refractivity contribution >= 4 is 22.9 Å². The molecule has 10 heteroatoms. The van der Waals surface area contributed by atoms with Crippen LogP contribution in [0.2, 0.25) is 4.34 Å². The molecule has 5 rings (SSSR count). The molecular weight excluding hydrogens is 476 g/mol. The van der Waals surface area contributed by atoms with Crippen molar-refractivity contribution in [3.63, 3.8) is 0 Å². The van der Waals surface area contributed by atoms with E-state index in [0.717, 1.165) is 33.9 Å². The number of thiophene rings is 1. The number of fused-ring (bicyclic) bond motifs is 2. The van der Waals surface area contributed by atoms with E-state index in [0.29, 0.717) is 10.8 Å². The maximum absolute atomic E-state index is 10.4. The average Bonchev–Trinajstić information content (AvgIpc) is 3.42. The minimum Gasteiger partial charge on any atom is -0.491 e. The van der Waals surface area contributed by atoms with E-state index in [9.17, 15) is 10.2 Å². The summed E-state index contributed by atoms with van der Waals surface area (Å²) in [4.78, 5) is 1.01. The van der Waals surface area contributed by atoms with Crippen molar-refractivity contribution in [1.82, 2.24) is 20.3 Å². The van der Waals surface area contributed by atoms with Gasteiger partial charge in [0, 0.05) is 22.9 Å². The van der Waals surface area contributed by atoms with Crippen LogP contribution in [-0.4, -0.2) is 50.6 Å². The van der Waals surface area contributed by atoms with Gasteiger partial charge < -0.3 is 25.0 Å². The molecule has 3 N–H and O–H groups in total. The van der Waals surface area contributed by atoms with Crippen LogP contribution in [0.4, 0.5) is 0 Å². The van der Waals surface area contributed by atoms with Gasteiger partial charge in [-0.25, -0.2) is 4.68 Å². The van der Waals surface area contributed by atoms with Crippen LogP contribution in [-0.2, 0) is 16.9 Å². The van der Waals surface area contributed by atoms with E-state index in [1.807, 2.05) is 43.5 Å². The monoisotopic (exact) mass is 504 g/mol. The summed E-state index contributed by atoms with van der Waals surface area (Å²) in [5, 5.41) is 33.1. The molecule has 2 aliphatic rings. The maximum Gasteiger partial charge on any atom is 0.119 e. The molecule has 0 radical (unpaired) electrons. The molecule has 2 aromatic heterocycles. The number of ether oxygens (including phenoxy) is 2. The number of piperidine rings is 1. The van der Waals surface area contributed by atoms with Gasteiger partial charge in [0.2, 0.25) is 0 Å². The molecule has 3 aromatic rings. The Balaban J connectivity index is 1.27. The average molecular weight is 505 g/mol. The minimum atomic E-state index is -0.723. The number of rotatable bonds is 6. The van der Waals surface area contributed by atoms with Crippen molar-refractivity contribution in [3.05, 3.63) is 62.6 Å². The van der Waals surface area contributed by atoms with Crippen LogP contribution >= 0.6 is 22.9 Å². The molecule has 4 heterocycles. The quantitative estimate of drug-likeness (QED) is 0.472. The molecule has 1 saturated heterocycles. The van der Waals surface area contributed by atoms with Crippen LogP contribution in [0.5, 0.6) is 5.75 Å². The van der Waals surface area contributed by atoms with Gasteiger partial charge in [0.1, 0.15) is 30.2 Å². The highest BCUT2D eigenvalue weighted by atomic mass is 35.5. The van der Waals surface area contributed by atoms with Crippen molar-refractivity contribution in [2.45, 2.75) is 63.1 Å². The number of halogens is 1. The molecule has 8 nitrogen and oxygen atoms in total. The first-order chi connectivity index (χ1) is 16.3. The second-order valence-corrected chi connectivity index (χ2v) is 11.0. The lowest BCUT2D eigenvalue weighted by molar-refractivity contribution is -0.129. The van der Waals surface area contributed by atoms with E-state index < -0.39 is 17.8 Å². The Kier molecular flexibility index (Phi) is 6.67. The summed E-state index contributed by atoms with van der Waals surface area (Å²) < 4.78 is 14.3. The first-order valence-corrected chi connectivity index (χ1v) is 12.7. The van der Waals surface area contributed by atoms with E-state index in [1.165, 1.54) is 11.3 Å². The third-order valence-corrected chi connectivity index (χ3v) is 7.88. The van der Waals surface area contributed by atoms with Crippen molar-refractivity contribution in [2.24, 2.45) is 0 Å². The van der Waals surface area contributed by atoms with Gasteiger partial charge in [-0.05, 0) is 44.0 Å². The summed E-state index contributed by atoms with van der Waals surface area (Å²) in [6.07, 6.45) is 1.92. The molecule has 0 amide bonds. The van der Waals surface area contributed by atoms with Gasteiger partial charge in [-0.15, -0.1) is 16.4 Å². The van der Waals surface area contributed by atoms with E-state index in [-0.39, 0.29) is 31.8 Å². The number of hydrogen-bond acceptors (Lipinski definition) is 8. The van der Waals surface area contributed by atoms with E-state index in [4.69, 9.17) is 21.1 Å². The second-order valence-electron chi connectivity index (χ2n) is 9.33. The Morgan fingerprint density at radius 1 is 1.38 bits per heavy atom. The number of aromatic nitrogens is 3. The summed E-state index contributed by atoms with van der Waals surface area (Å²) in [7, 11) is 0. The molecule has 5 atom stereocenters. The molecule has 1 unspecified atom stereocenters. The number of aliphatic hydroxyl groups is 2. The van der Waals surface area contributed by atoms with Crippen molar-refractivity contribution in [3.8, 4) is 5.75 Å². The second kappa shape index (κ2) is 9.56. The van der Waals surface area contributed by atoms with Crippen molar-refractivity contribution in [2.75, 3.05) is 13.2 Å². The fourth-order valence-corrected chi connectivity index (χ4v) is 6.42. The standard InChI is InChI=1S/C24H29ClN4O4S/c1-14-4-3-5-17(6-14)32-12-16(30)10-29-11-20(27-28-29)19-9-24(8-15(2)26-19)23-18(7-22(25)34-23)21(31)13-33-24/h3-7,11,15-16,19,21,26,30-31H,8-10,12-13H2,1-2H3/t15-,16?,19-,21+,24-/m0/s1. The molecule has 0 saturated carbocycles. The van der Waals surface area contributed by atoms with Gasteiger partial charge in [0.05, 0.1) is 35.4 Å². The number of nitrogens with zero attached hydrogens (tertiary/aromatic N) is 3. The zero-order chi connectivity index (χ0) is 23.9. The summed E-state index contributed by atoms with van der Waals surface area (Å²) in [6, 6.07) is 9.67. The molecule has 0 bridgehead atoms. The lowest BCUT2D eigenvalue weighted by Gasteiger charge is -2.46. The number of aliphatic hydroxyl groups excluding tert-OH is 2. The summed E-state index contributed by atoms with van der Waals surface area (Å²) in [6.45, 7) is 4.81. The number of aryl methyl sites for hydroxylation is 1. The Hall–Kier alpha value is -2.01. The molecule has 182 valence electrons. The van der Waals surface area contributed by atoms with Crippen LogP contribution < -0.4 is 10.1 Å². The van der Waals surface area contributed by atoms with Crippen molar-refractivity contribution < 1.29 is 19.7 Å². The summed E-state index contributed by atoms with van der Waals surface area (Å²) >= 11 is 7.79. The predicted molar refractivity (Wildman–Crippen MR) is 129 cm³/mol. The SMILES string of the molecule is Cc1cccc(OCC(O)Cn2cc([C@@H]3C[C@]4(C[C@H](C)N3)OC[C@@H](O)c3cc(Cl)sc34)nn2)c1. The molecule has 0 aliphatic carbocycles. The van der Waals surface area contributed by atoms with E-state index in [2.05, 4.69) is 22.6 Å². The number of nitrogens with one attached hydrogen (secondary N) is 1. The fraction of sp³-hybridized carbons (Fsp3) is 0.500. The Bertz CT molecular complexity index is 1150. The zero-order valence-electron chi connectivity index (χ0n) is 19.1. The molecular formula is C24H29ClN4O4S. The fourth-order valence-electron chi connectivity index (χ4n) is 4.96. The Morgan fingerprint density at radius 2 is 2.24 bits per heavy atom. The van der Waals surface area contributed by atoms with Gasteiger partial charge in [-0.3, -0.25) is 0 Å². The highest BCUT2D eigenvalue weighted by Gasteiger charge is 2.48. The third kappa shape index (κ3) is 4.86. The number of hydrogen-bond donors (Lipinski definition) is 3. The lowest BCUT2D eigenvalue weighted by Crippen LogP contribution is -2.50. The zero-order valence-corrected chi connectivity index (χ0v) is 20.7. The Morgan fingerprint density at radius 3 is 3.06 bits per heavy atom.